The number of imide groups is 1. The molecule has 2 N–H and O–H groups in total. The monoisotopic (exact) mass is 465 g/mol. The fourth-order valence-electron chi connectivity index (χ4n) is 3.98. The van der Waals surface area contributed by atoms with Gasteiger partial charge in [0.05, 0.1) is 24.3 Å². The maximum atomic E-state index is 12.7. The Balaban J connectivity index is 1.38. The molecular formula is C25H27N3O6. The highest BCUT2D eigenvalue weighted by molar-refractivity contribution is 6.06. The minimum atomic E-state index is -0.828. The molecule has 0 spiro atoms. The van der Waals surface area contributed by atoms with Crippen molar-refractivity contribution in [3.05, 3.63) is 64.7 Å². The molecular weight excluding hydrogens is 438 g/mol. The molecule has 4 rings (SSSR count). The standard InChI is InChI=1S/C25H27N3O6/c29-15-20-19(24(31)26-21-8-9-23(30)27-25(21)32)2-1-3-22(20)34-16-18-6-4-17(5-7-18)14-28-10-12-33-13-11-28/h1-7,15,21H,8-14,16H2,(H,26,31)(H,27,30,32). The number of hydrogen-bond donors (Lipinski definition) is 2. The SMILES string of the molecule is O=Cc1c(OCc2ccc(CN3CCOCC3)cc2)cccc1C(=O)NC1CCC(=O)NC1=O. The van der Waals surface area contributed by atoms with Crippen LogP contribution in [0.25, 0.3) is 0 Å². The summed E-state index contributed by atoms with van der Waals surface area (Å²) in [6.45, 7) is 4.46. The number of ether oxygens (including phenoxy) is 2. The van der Waals surface area contributed by atoms with Crippen LogP contribution in [0.2, 0.25) is 0 Å². The van der Waals surface area contributed by atoms with Crippen molar-refractivity contribution in [3.63, 3.8) is 0 Å². The van der Waals surface area contributed by atoms with Gasteiger partial charge in [-0.2, -0.15) is 0 Å². The van der Waals surface area contributed by atoms with E-state index in [9.17, 15) is 19.2 Å². The predicted molar refractivity (Wildman–Crippen MR) is 122 cm³/mol. The molecule has 0 saturated carbocycles. The molecule has 2 aromatic rings. The molecule has 3 amide bonds. The zero-order valence-electron chi connectivity index (χ0n) is 18.7. The Hall–Kier alpha value is -3.56. The van der Waals surface area contributed by atoms with Crippen LogP contribution in [-0.2, 0) is 27.5 Å². The van der Waals surface area contributed by atoms with E-state index in [4.69, 9.17) is 9.47 Å². The summed E-state index contributed by atoms with van der Waals surface area (Å²) in [6.07, 6.45) is 0.927. The predicted octanol–water partition coefficient (Wildman–Crippen LogP) is 1.45. The molecule has 2 fully saturated rings. The topological polar surface area (TPSA) is 114 Å². The molecule has 34 heavy (non-hydrogen) atoms. The van der Waals surface area contributed by atoms with Crippen LogP contribution in [0.3, 0.4) is 0 Å². The second-order valence-electron chi connectivity index (χ2n) is 8.31. The second kappa shape index (κ2) is 11.0. The number of aldehydes is 1. The first-order valence-electron chi connectivity index (χ1n) is 11.3. The highest BCUT2D eigenvalue weighted by atomic mass is 16.5. The van der Waals surface area contributed by atoms with Crippen LogP contribution in [0, 0.1) is 0 Å². The summed E-state index contributed by atoms with van der Waals surface area (Å²) in [7, 11) is 0. The highest BCUT2D eigenvalue weighted by Gasteiger charge is 2.29. The summed E-state index contributed by atoms with van der Waals surface area (Å²) in [5, 5.41) is 4.79. The van der Waals surface area contributed by atoms with E-state index in [0.29, 0.717) is 6.29 Å². The van der Waals surface area contributed by atoms with Crippen molar-refractivity contribution in [2.24, 2.45) is 0 Å². The average Bonchev–Trinajstić information content (AvgIpc) is 2.85. The summed E-state index contributed by atoms with van der Waals surface area (Å²) in [6, 6.07) is 12.0. The van der Waals surface area contributed by atoms with Crippen molar-refractivity contribution in [1.29, 1.82) is 0 Å². The maximum absolute atomic E-state index is 12.7. The van der Waals surface area contributed by atoms with E-state index >= 15 is 0 Å². The van der Waals surface area contributed by atoms with Gasteiger partial charge in [-0.05, 0) is 29.7 Å². The van der Waals surface area contributed by atoms with Crippen molar-refractivity contribution >= 4 is 24.0 Å². The summed E-state index contributed by atoms with van der Waals surface area (Å²) in [5.74, 6) is -1.21. The molecule has 0 bridgehead atoms. The van der Waals surface area contributed by atoms with Crippen LogP contribution >= 0.6 is 0 Å². The first kappa shape index (κ1) is 23.6. The molecule has 9 heteroatoms. The van der Waals surface area contributed by atoms with E-state index < -0.39 is 17.9 Å². The van der Waals surface area contributed by atoms with Gasteiger partial charge in [-0.25, -0.2) is 0 Å². The molecule has 2 aliphatic rings. The zero-order valence-corrected chi connectivity index (χ0v) is 18.7. The van der Waals surface area contributed by atoms with Gasteiger partial charge in [0, 0.05) is 26.1 Å². The summed E-state index contributed by atoms with van der Waals surface area (Å²) in [4.78, 5) is 50.1. The van der Waals surface area contributed by atoms with Crippen molar-refractivity contribution in [1.82, 2.24) is 15.5 Å². The fraction of sp³-hybridized carbons (Fsp3) is 0.360. The Morgan fingerprint density at radius 2 is 1.85 bits per heavy atom. The largest absolute Gasteiger partial charge is 0.488 e. The molecule has 2 aliphatic heterocycles. The first-order chi connectivity index (χ1) is 16.5. The van der Waals surface area contributed by atoms with E-state index in [2.05, 4.69) is 27.7 Å². The van der Waals surface area contributed by atoms with Crippen LogP contribution in [0.15, 0.2) is 42.5 Å². The van der Waals surface area contributed by atoms with Gasteiger partial charge in [0.1, 0.15) is 18.4 Å². The number of hydrogen-bond acceptors (Lipinski definition) is 7. The second-order valence-corrected chi connectivity index (χ2v) is 8.31. The molecule has 178 valence electrons. The number of piperidine rings is 1. The van der Waals surface area contributed by atoms with Crippen LogP contribution < -0.4 is 15.4 Å². The number of benzene rings is 2. The number of carbonyl (C=O) groups excluding carboxylic acids is 4. The van der Waals surface area contributed by atoms with E-state index in [1.807, 2.05) is 12.1 Å². The van der Waals surface area contributed by atoms with Gasteiger partial charge >= 0.3 is 0 Å². The lowest BCUT2D eigenvalue weighted by atomic mass is 10.0. The number of nitrogens with zero attached hydrogens (tertiary/aromatic N) is 1. The van der Waals surface area contributed by atoms with Gasteiger partial charge in [-0.1, -0.05) is 30.3 Å². The Labute approximate surface area is 197 Å². The van der Waals surface area contributed by atoms with Crippen molar-refractivity contribution in [3.8, 4) is 5.75 Å². The van der Waals surface area contributed by atoms with Crippen LogP contribution in [0.5, 0.6) is 5.75 Å². The van der Waals surface area contributed by atoms with Gasteiger partial charge < -0.3 is 14.8 Å². The number of morpholine rings is 1. The molecule has 2 aromatic carbocycles. The summed E-state index contributed by atoms with van der Waals surface area (Å²) in [5.41, 5.74) is 2.35. The van der Waals surface area contributed by atoms with Crippen LogP contribution in [0.1, 0.15) is 44.7 Å². The number of rotatable bonds is 8. The average molecular weight is 466 g/mol. The Morgan fingerprint density at radius 1 is 1.12 bits per heavy atom. The first-order valence-corrected chi connectivity index (χ1v) is 11.3. The van der Waals surface area contributed by atoms with E-state index in [0.717, 1.165) is 38.4 Å². The molecule has 0 aromatic heterocycles. The van der Waals surface area contributed by atoms with Gasteiger partial charge in [-0.15, -0.1) is 0 Å². The highest BCUT2D eigenvalue weighted by Crippen LogP contribution is 2.23. The Morgan fingerprint density at radius 3 is 2.56 bits per heavy atom. The molecule has 0 radical (unpaired) electrons. The van der Waals surface area contributed by atoms with Gasteiger partial charge in [0.25, 0.3) is 5.91 Å². The van der Waals surface area contributed by atoms with Gasteiger partial charge in [-0.3, -0.25) is 29.4 Å². The lowest BCUT2D eigenvalue weighted by Crippen LogP contribution is -2.52. The maximum Gasteiger partial charge on any atom is 0.252 e. The molecule has 2 saturated heterocycles. The van der Waals surface area contributed by atoms with E-state index in [-0.39, 0.29) is 42.2 Å². The van der Waals surface area contributed by atoms with Crippen molar-refractivity contribution in [2.45, 2.75) is 32.0 Å². The molecule has 9 nitrogen and oxygen atoms in total. The van der Waals surface area contributed by atoms with Crippen LogP contribution in [0.4, 0.5) is 0 Å². The third-order valence-electron chi connectivity index (χ3n) is 5.90. The van der Waals surface area contributed by atoms with Crippen LogP contribution in [-0.4, -0.2) is 61.3 Å². The van der Waals surface area contributed by atoms with E-state index in [1.54, 1.807) is 12.1 Å². The molecule has 0 aliphatic carbocycles. The molecule has 1 atom stereocenters. The minimum absolute atomic E-state index is 0.108. The normalized spacial score (nSPS) is 18.8. The summed E-state index contributed by atoms with van der Waals surface area (Å²) < 4.78 is 11.2. The minimum Gasteiger partial charge on any atom is -0.488 e. The Kier molecular flexibility index (Phi) is 7.66. The number of amides is 3. The summed E-state index contributed by atoms with van der Waals surface area (Å²) >= 11 is 0. The fourth-order valence-corrected chi connectivity index (χ4v) is 3.98. The smallest absolute Gasteiger partial charge is 0.252 e. The zero-order chi connectivity index (χ0) is 23.9. The van der Waals surface area contributed by atoms with Gasteiger partial charge in [0.2, 0.25) is 11.8 Å². The molecule has 2 heterocycles. The quantitative estimate of drug-likeness (QED) is 0.448. The van der Waals surface area contributed by atoms with Gasteiger partial charge in [0.15, 0.2) is 6.29 Å². The number of nitrogens with one attached hydrogen (secondary N) is 2. The van der Waals surface area contributed by atoms with E-state index in [1.165, 1.54) is 11.6 Å². The molecule has 1 unspecified atom stereocenters. The lowest BCUT2D eigenvalue weighted by Gasteiger charge is -2.26. The van der Waals surface area contributed by atoms with Crippen molar-refractivity contribution < 1.29 is 28.7 Å². The Bertz CT molecular complexity index is 1060. The number of carbonyl (C=O) groups is 4. The van der Waals surface area contributed by atoms with Crippen molar-refractivity contribution in [2.75, 3.05) is 26.3 Å². The lowest BCUT2D eigenvalue weighted by molar-refractivity contribution is -0.134. The third-order valence-corrected chi connectivity index (χ3v) is 5.90. The third kappa shape index (κ3) is 5.86.